The molecule has 0 atom stereocenters. The average molecular weight is 370 g/mol. The van der Waals surface area contributed by atoms with Crippen LogP contribution >= 0.6 is 11.8 Å². The van der Waals surface area contributed by atoms with Gasteiger partial charge in [0.1, 0.15) is 5.82 Å². The van der Waals surface area contributed by atoms with Crippen LogP contribution in [0.15, 0.2) is 47.6 Å². The van der Waals surface area contributed by atoms with Gasteiger partial charge in [-0.15, -0.1) is 10.2 Å². The molecule has 1 amide bonds. The minimum atomic E-state index is -0.452. The van der Waals surface area contributed by atoms with Gasteiger partial charge in [0.05, 0.1) is 11.4 Å². The topological polar surface area (TPSA) is 70.7 Å². The number of hydrogen-bond acceptors (Lipinski definition) is 4. The van der Waals surface area contributed by atoms with E-state index in [0.29, 0.717) is 11.0 Å². The SMILES string of the molecule is CCc1ccc(-c2nnc(SCC(=O)Nc3cc(C)ccc3F)[nH]2)cc1. The molecular weight excluding hydrogens is 351 g/mol. The molecule has 1 aromatic heterocycles. The van der Waals surface area contributed by atoms with Crippen molar-refractivity contribution in [3.8, 4) is 11.4 Å². The first-order chi connectivity index (χ1) is 12.5. The molecule has 1 heterocycles. The number of halogens is 1. The van der Waals surface area contributed by atoms with Crippen molar-refractivity contribution in [1.29, 1.82) is 0 Å². The molecule has 26 heavy (non-hydrogen) atoms. The Balaban J connectivity index is 1.58. The van der Waals surface area contributed by atoms with Crippen LogP contribution in [-0.2, 0) is 11.2 Å². The Morgan fingerprint density at radius 3 is 2.69 bits per heavy atom. The maximum Gasteiger partial charge on any atom is 0.234 e. The lowest BCUT2D eigenvalue weighted by Crippen LogP contribution is -2.15. The summed E-state index contributed by atoms with van der Waals surface area (Å²) in [7, 11) is 0. The number of H-pyrrole nitrogens is 1. The number of hydrogen-bond donors (Lipinski definition) is 2. The molecule has 0 bridgehead atoms. The fourth-order valence-corrected chi connectivity index (χ4v) is 3.00. The van der Waals surface area contributed by atoms with E-state index in [-0.39, 0.29) is 17.3 Å². The van der Waals surface area contributed by atoms with Gasteiger partial charge in [0.2, 0.25) is 5.91 Å². The summed E-state index contributed by atoms with van der Waals surface area (Å²) in [6.45, 7) is 3.94. The predicted octanol–water partition coefficient (Wildman–Crippen LogP) is 4.21. The van der Waals surface area contributed by atoms with E-state index in [1.54, 1.807) is 12.1 Å². The first-order valence-electron chi connectivity index (χ1n) is 8.26. The van der Waals surface area contributed by atoms with Gasteiger partial charge < -0.3 is 10.3 Å². The van der Waals surface area contributed by atoms with Crippen molar-refractivity contribution in [2.75, 3.05) is 11.1 Å². The van der Waals surface area contributed by atoms with Crippen molar-refractivity contribution in [3.63, 3.8) is 0 Å². The van der Waals surface area contributed by atoms with E-state index in [2.05, 4.69) is 39.6 Å². The maximum atomic E-state index is 13.7. The van der Waals surface area contributed by atoms with E-state index in [0.717, 1.165) is 17.5 Å². The summed E-state index contributed by atoms with van der Waals surface area (Å²) in [6.07, 6.45) is 0.981. The Kier molecular flexibility index (Phi) is 5.68. The average Bonchev–Trinajstić information content (AvgIpc) is 3.12. The number of carbonyl (C=O) groups excluding carboxylic acids is 1. The van der Waals surface area contributed by atoms with Crippen molar-refractivity contribution in [2.24, 2.45) is 0 Å². The molecule has 3 aromatic rings. The first kappa shape index (κ1) is 18.1. The maximum absolute atomic E-state index is 13.7. The molecule has 0 aliphatic rings. The van der Waals surface area contributed by atoms with Crippen LogP contribution in [0.5, 0.6) is 0 Å². The zero-order chi connectivity index (χ0) is 18.5. The molecule has 2 aromatic carbocycles. The number of aromatic amines is 1. The quantitative estimate of drug-likeness (QED) is 0.638. The highest BCUT2D eigenvalue weighted by Crippen LogP contribution is 2.21. The van der Waals surface area contributed by atoms with Gasteiger partial charge in [0.25, 0.3) is 0 Å². The van der Waals surface area contributed by atoms with Crippen molar-refractivity contribution in [2.45, 2.75) is 25.4 Å². The number of amides is 1. The van der Waals surface area contributed by atoms with Gasteiger partial charge in [-0.25, -0.2) is 4.39 Å². The van der Waals surface area contributed by atoms with Crippen LogP contribution in [-0.4, -0.2) is 26.8 Å². The highest BCUT2D eigenvalue weighted by molar-refractivity contribution is 7.99. The Morgan fingerprint density at radius 1 is 1.19 bits per heavy atom. The molecule has 134 valence electrons. The van der Waals surface area contributed by atoms with Crippen LogP contribution in [0.3, 0.4) is 0 Å². The van der Waals surface area contributed by atoms with Gasteiger partial charge >= 0.3 is 0 Å². The standard InChI is InChI=1S/C19H19FN4OS/c1-3-13-5-7-14(8-6-13)18-22-19(24-23-18)26-11-17(25)21-16-10-12(2)4-9-15(16)20/h4-10H,3,11H2,1-2H3,(H,21,25)(H,22,23,24). The van der Waals surface area contributed by atoms with E-state index < -0.39 is 5.82 Å². The summed E-state index contributed by atoms with van der Waals surface area (Å²) in [6, 6.07) is 12.7. The van der Waals surface area contributed by atoms with Crippen LogP contribution in [0.1, 0.15) is 18.1 Å². The fraction of sp³-hybridized carbons (Fsp3) is 0.211. The minimum absolute atomic E-state index is 0.108. The Bertz CT molecular complexity index is 908. The molecule has 0 spiro atoms. The van der Waals surface area contributed by atoms with Crippen LogP contribution in [0, 0.1) is 12.7 Å². The summed E-state index contributed by atoms with van der Waals surface area (Å²) in [5.41, 5.74) is 3.25. The lowest BCUT2D eigenvalue weighted by atomic mass is 10.1. The second kappa shape index (κ2) is 8.14. The van der Waals surface area contributed by atoms with Gasteiger partial charge in [-0.05, 0) is 36.6 Å². The van der Waals surface area contributed by atoms with E-state index in [1.807, 2.05) is 19.1 Å². The van der Waals surface area contributed by atoms with E-state index in [4.69, 9.17) is 0 Å². The molecule has 0 radical (unpaired) electrons. The van der Waals surface area contributed by atoms with Crippen molar-refractivity contribution in [3.05, 3.63) is 59.4 Å². The largest absolute Gasteiger partial charge is 0.323 e. The number of rotatable bonds is 6. The third-order valence-corrected chi connectivity index (χ3v) is 4.70. The molecular formula is C19H19FN4OS. The minimum Gasteiger partial charge on any atom is -0.323 e. The number of carbonyl (C=O) groups is 1. The van der Waals surface area contributed by atoms with Gasteiger partial charge in [-0.2, -0.15) is 0 Å². The molecule has 0 saturated heterocycles. The lowest BCUT2D eigenvalue weighted by molar-refractivity contribution is -0.113. The Labute approximate surface area is 155 Å². The van der Waals surface area contributed by atoms with Crippen LogP contribution in [0.25, 0.3) is 11.4 Å². The number of benzene rings is 2. The molecule has 0 aliphatic heterocycles. The Hall–Kier alpha value is -2.67. The van der Waals surface area contributed by atoms with Crippen LogP contribution in [0.2, 0.25) is 0 Å². The monoisotopic (exact) mass is 370 g/mol. The second-order valence-electron chi connectivity index (χ2n) is 5.85. The molecule has 7 heteroatoms. The summed E-state index contributed by atoms with van der Waals surface area (Å²) in [5, 5.41) is 11.3. The van der Waals surface area contributed by atoms with Crippen LogP contribution < -0.4 is 5.32 Å². The fourth-order valence-electron chi connectivity index (χ4n) is 2.39. The number of nitrogens with zero attached hydrogens (tertiary/aromatic N) is 2. The molecule has 3 rings (SSSR count). The number of aromatic nitrogens is 3. The highest BCUT2D eigenvalue weighted by Gasteiger charge is 2.11. The third kappa shape index (κ3) is 4.49. The summed E-state index contributed by atoms with van der Waals surface area (Å²) in [5.74, 6) is 0.00743. The van der Waals surface area contributed by atoms with Gasteiger partial charge in [-0.3, -0.25) is 4.79 Å². The smallest absolute Gasteiger partial charge is 0.234 e. The van der Waals surface area contributed by atoms with E-state index >= 15 is 0 Å². The van der Waals surface area contributed by atoms with Gasteiger partial charge in [0.15, 0.2) is 11.0 Å². The molecule has 0 saturated carbocycles. The van der Waals surface area contributed by atoms with E-state index in [1.165, 1.54) is 23.4 Å². The van der Waals surface area contributed by atoms with Crippen molar-refractivity contribution < 1.29 is 9.18 Å². The number of aryl methyl sites for hydroxylation is 2. The Morgan fingerprint density at radius 2 is 1.96 bits per heavy atom. The van der Waals surface area contributed by atoms with Crippen molar-refractivity contribution in [1.82, 2.24) is 15.2 Å². The van der Waals surface area contributed by atoms with E-state index in [9.17, 15) is 9.18 Å². The molecule has 0 aliphatic carbocycles. The van der Waals surface area contributed by atoms with Gasteiger partial charge in [0, 0.05) is 5.56 Å². The summed E-state index contributed by atoms with van der Waals surface area (Å²) >= 11 is 1.22. The molecule has 5 nitrogen and oxygen atoms in total. The van der Waals surface area contributed by atoms with Crippen LogP contribution in [0.4, 0.5) is 10.1 Å². The number of thioether (sulfide) groups is 1. The summed E-state index contributed by atoms with van der Waals surface area (Å²) in [4.78, 5) is 15.1. The van der Waals surface area contributed by atoms with Gasteiger partial charge in [-0.1, -0.05) is 49.0 Å². The zero-order valence-corrected chi connectivity index (χ0v) is 15.4. The zero-order valence-electron chi connectivity index (χ0n) is 14.5. The summed E-state index contributed by atoms with van der Waals surface area (Å²) < 4.78 is 13.7. The first-order valence-corrected chi connectivity index (χ1v) is 9.24. The highest BCUT2D eigenvalue weighted by atomic mass is 32.2. The molecule has 0 unspecified atom stereocenters. The normalized spacial score (nSPS) is 10.7. The number of anilines is 1. The number of nitrogens with one attached hydrogen (secondary N) is 2. The molecule has 0 fully saturated rings. The third-order valence-electron chi connectivity index (χ3n) is 3.84. The molecule has 2 N–H and O–H groups in total. The second-order valence-corrected chi connectivity index (χ2v) is 6.81. The lowest BCUT2D eigenvalue weighted by Gasteiger charge is -2.06. The van der Waals surface area contributed by atoms with Crippen molar-refractivity contribution >= 4 is 23.4 Å². The predicted molar refractivity (Wildman–Crippen MR) is 102 cm³/mol.